The molecular formula is C26H24Cl2FN3O. The van der Waals surface area contributed by atoms with E-state index in [1.807, 2.05) is 36.4 Å². The van der Waals surface area contributed by atoms with Crippen LogP contribution in [0.25, 0.3) is 0 Å². The molecule has 33 heavy (non-hydrogen) atoms. The van der Waals surface area contributed by atoms with Crippen molar-refractivity contribution in [2.24, 2.45) is 5.73 Å². The molecule has 2 amide bonds. The third-order valence-corrected chi connectivity index (χ3v) is 5.39. The van der Waals surface area contributed by atoms with Gasteiger partial charge in [-0.2, -0.15) is 0 Å². The fourth-order valence-corrected chi connectivity index (χ4v) is 3.74. The normalized spacial score (nSPS) is 13.8. The van der Waals surface area contributed by atoms with E-state index in [4.69, 9.17) is 28.9 Å². The Morgan fingerprint density at radius 1 is 1.03 bits per heavy atom. The number of carbonyl (C=O) groups is 1. The molecule has 0 heterocycles. The first kappa shape index (κ1) is 24.4. The molecule has 4 nitrogen and oxygen atoms in total. The van der Waals surface area contributed by atoms with Crippen molar-refractivity contribution in [1.29, 1.82) is 0 Å². The number of urea groups is 1. The Morgan fingerprint density at radius 2 is 1.76 bits per heavy atom. The Kier molecular flexibility index (Phi) is 8.15. The Bertz CT molecular complexity index is 1180. The van der Waals surface area contributed by atoms with Gasteiger partial charge in [0.05, 0.1) is 0 Å². The highest BCUT2D eigenvalue weighted by Gasteiger charge is 2.37. The fraction of sp³-hybridized carbons (Fsp3) is 0.115. The summed E-state index contributed by atoms with van der Waals surface area (Å²) in [6.45, 7) is 1.73. The van der Waals surface area contributed by atoms with Crippen LogP contribution in [0.4, 0.5) is 14.9 Å². The number of benzene rings is 3. The third kappa shape index (κ3) is 6.60. The largest absolute Gasteiger partial charge is 0.400 e. The summed E-state index contributed by atoms with van der Waals surface area (Å²) in [5.74, 6) is -0.458. The fourth-order valence-electron chi connectivity index (χ4n) is 3.48. The maximum Gasteiger partial charge on any atom is 0.320 e. The molecule has 3 aromatic carbocycles. The Balaban J connectivity index is 2.11. The van der Waals surface area contributed by atoms with Crippen molar-refractivity contribution in [3.63, 3.8) is 0 Å². The average Bonchev–Trinajstić information content (AvgIpc) is 2.77. The van der Waals surface area contributed by atoms with Gasteiger partial charge in [0.15, 0.2) is 0 Å². The van der Waals surface area contributed by atoms with Gasteiger partial charge in [-0.3, -0.25) is 0 Å². The lowest BCUT2D eigenvalue weighted by Gasteiger charge is -2.36. The minimum absolute atomic E-state index is 0.311. The molecule has 0 aromatic heterocycles. The van der Waals surface area contributed by atoms with Crippen LogP contribution >= 0.6 is 23.2 Å². The first-order valence-electron chi connectivity index (χ1n) is 10.2. The van der Waals surface area contributed by atoms with Gasteiger partial charge in [0.1, 0.15) is 11.4 Å². The first-order chi connectivity index (χ1) is 15.8. The molecule has 1 atom stereocenters. The van der Waals surface area contributed by atoms with Crippen LogP contribution in [0, 0.1) is 5.82 Å². The van der Waals surface area contributed by atoms with Gasteiger partial charge in [-0.05, 0) is 60.5 Å². The molecule has 0 spiro atoms. The minimum atomic E-state index is -1.17. The predicted octanol–water partition coefficient (Wildman–Crippen LogP) is 6.72. The molecule has 170 valence electrons. The molecule has 3 rings (SSSR count). The quantitative estimate of drug-likeness (QED) is 0.326. The maximum atomic E-state index is 13.6. The number of amides is 2. The first-order valence-corrected chi connectivity index (χ1v) is 11.0. The van der Waals surface area contributed by atoms with E-state index >= 15 is 0 Å². The van der Waals surface area contributed by atoms with Crippen molar-refractivity contribution in [2.75, 3.05) is 5.32 Å². The Hall–Kier alpha value is -3.28. The van der Waals surface area contributed by atoms with Crippen LogP contribution < -0.4 is 16.4 Å². The summed E-state index contributed by atoms with van der Waals surface area (Å²) >= 11 is 12.3. The summed E-state index contributed by atoms with van der Waals surface area (Å²) in [5.41, 5.74) is 7.72. The lowest BCUT2D eigenvalue weighted by Crippen LogP contribution is -2.52. The predicted molar refractivity (Wildman–Crippen MR) is 134 cm³/mol. The third-order valence-electron chi connectivity index (χ3n) is 5.02. The number of hydrogen-bond acceptors (Lipinski definition) is 2. The van der Waals surface area contributed by atoms with Gasteiger partial charge in [0.25, 0.3) is 0 Å². The standard InChI is InChI=1S/C26H24Cl2FN3O/c1-18(27)13-14-24(30)26(17-19-7-3-2-4-8-19,20-9-5-10-21(28)15-20)32-25(33)31-23-12-6-11-22(29)16-23/h2-16H,17,30H2,1H3,(H2,31,32,33)/b18-13+,24-14-. The van der Waals surface area contributed by atoms with Crippen molar-refractivity contribution >= 4 is 34.9 Å². The van der Waals surface area contributed by atoms with Crippen molar-refractivity contribution in [3.05, 3.63) is 124 Å². The molecule has 0 saturated heterocycles. The van der Waals surface area contributed by atoms with Crippen LogP contribution in [0.1, 0.15) is 18.1 Å². The number of nitrogens with two attached hydrogens (primary N) is 1. The molecule has 0 aliphatic heterocycles. The Morgan fingerprint density at radius 3 is 2.42 bits per heavy atom. The van der Waals surface area contributed by atoms with Crippen LogP contribution in [0.5, 0.6) is 0 Å². The van der Waals surface area contributed by atoms with Crippen LogP contribution in [0.3, 0.4) is 0 Å². The zero-order valence-electron chi connectivity index (χ0n) is 18.0. The van der Waals surface area contributed by atoms with Gasteiger partial charge < -0.3 is 16.4 Å². The average molecular weight is 484 g/mol. The molecule has 0 radical (unpaired) electrons. The monoisotopic (exact) mass is 483 g/mol. The second-order valence-corrected chi connectivity index (χ2v) is 8.58. The summed E-state index contributed by atoms with van der Waals surface area (Å²) in [7, 11) is 0. The lowest BCUT2D eigenvalue weighted by molar-refractivity contribution is 0.241. The number of carbonyl (C=O) groups excluding carboxylic acids is 1. The molecule has 0 saturated carbocycles. The second kappa shape index (κ2) is 11.0. The van der Waals surface area contributed by atoms with Crippen molar-refractivity contribution in [2.45, 2.75) is 18.9 Å². The van der Waals surface area contributed by atoms with Gasteiger partial charge in [0, 0.05) is 27.9 Å². The lowest BCUT2D eigenvalue weighted by atomic mass is 9.80. The van der Waals surface area contributed by atoms with E-state index in [0.717, 1.165) is 5.56 Å². The van der Waals surface area contributed by atoms with Crippen LogP contribution in [0.15, 0.2) is 102 Å². The molecular weight excluding hydrogens is 460 g/mol. The molecule has 7 heteroatoms. The number of rotatable bonds is 7. The van der Waals surface area contributed by atoms with E-state index < -0.39 is 17.4 Å². The van der Waals surface area contributed by atoms with Crippen LogP contribution in [0.2, 0.25) is 5.02 Å². The van der Waals surface area contributed by atoms with Crippen molar-refractivity contribution < 1.29 is 9.18 Å². The molecule has 0 aliphatic carbocycles. The smallest absolute Gasteiger partial charge is 0.320 e. The van der Waals surface area contributed by atoms with E-state index in [0.29, 0.717) is 33.4 Å². The van der Waals surface area contributed by atoms with Gasteiger partial charge in [-0.25, -0.2) is 9.18 Å². The zero-order chi connectivity index (χ0) is 23.8. The second-order valence-electron chi connectivity index (χ2n) is 7.54. The highest BCUT2D eigenvalue weighted by Crippen LogP contribution is 2.33. The van der Waals surface area contributed by atoms with Gasteiger partial charge in [0.2, 0.25) is 0 Å². The maximum absolute atomic E-state index is 13.6. The summed E-state index contributed by atoms with van der Waals surface area (Å²) in [4.78, 5) is 13.1. The van der Waals surface area contributed by atoms with Gasteiger partial charge >= 0.3 is 6.03 Å². The van der Waals surface area contributed by atoms with E-state index in [9.17, 15) is 9.18 Å². The van der Waals surface area contributed by atoms with Crippen LogP contribution in [-0.4, -0.2) is 6.03 Å². The number of halogens is 3. The van der Waals surface area contributed by atoms with Gasteiger partial charge in [-0.1, -0.05) is 71.7 Å². The summed E-state index contributed by atoms with van der Waals surface area (Å²) in [6.07, 6.45) is 3.66. The van der Waals surface area contributed by atoms with Crippen molar-refractivity contribution in [3.8, 4) is 0 Å². The molecule has 0 fully saturated rings. The van der Waals surface area contributed by atoms with E-state index in [1.54, 1.807) is 43.3 Å². The molecule has 0 aliphatic rings. The molecule has 4 N–H and O–H groups in total. The number of anilines is 1. The summed E-state index contributed by atoms with van der Waals surface area (Å²) in [6, 6.07) is 21.8. The molecule has 3 aromatic rings. The van der Waals surface area contributed by atoms with Crippen molar-refractivity contribution in [1.82, 2.24) is 5.32 Å². The highest BCUT2D eigenvalue weighted by molar-refractivity contribution is 6.30. The zero-order valence-corrected chi connectivity index (χ0v) is 19.5. The SMILES string of the molecule is C/C(Cl)=C\C=C(/N)C(Cc1ccccc1)(NC(=O)Nc1cccc(F)c1)c1cccc(Cl)c1. The van der Waals surface area contributed by atoms with Crippen LogP contribution in [-0.2, 0) is 12.0 Å². The topological polar surface area (TPSA) is 67.1 Å². The number of hydrogen-bond donors (Lipinski definition) is 3. The van der Waals surface area contributed by atoms with E-state index in [1.165, 1.54) is 18.2 Å². The minimum Gasteiger partial charge on any atom is -0.400 e. The van der Waals surface area contributed by atoms with E-state index in [2.05, 4.69) is 10.6 Å². The highest BCUT2D eigenvalue weighted by atomic mass is 35.5. The number of allylic oxidation sites excluding steroid dienone is 3. The summed E-state index contributed by atoms with van der Waals surface area (Å²) < 4.78 is 13.6. The Labute approximate surface area is 202 Å². The van der Waals surface area contributed by atoms with E-state index in [-0.39, 0.29) is 0 Å². The molecule has 1 unspecified atom stereocenters. The molecule has 0 bridgehead atoms. The number of nitrogens with one attached hydrogen (secondary N) is 2. The van der Waals surface area contributed by atoms with Gasteiger partial charge in [-0.15, -0.1) is 0 Å². The summed E-state index contributed by atoms with van der Waals surface area (Å²) in [5, 5.41) is 6.72.